The van der Waals surface area contributed by atoms with Gasteiger partial charge in [0.25, 0.3) is 0 Å². The molecule has 1 aliphatic carbocycles. The van der Waals surface area contributed by atoms with Crippen molar-refractivity contribution in [2.75, 3.05) is 7.11 Å². The van der Waals surface area contributed by atoms with E-state index in [0.717, 1.165) is 12.2 Å². The maximum Gasteiger partial charge on any atom is 0.126 e. The first-order valence-corrected chi connectivity index (χ1v) is 6.97. The predicted molar refractivity (Wildman–Crippen MR) is 82.6 cm³/mol. The Morgan fingerprint density at radius 3 is 2.75 bits per heavy atom. The summed E-state index contributed by atoms with van der Waals surface area (Å²) in [5, 5.41) is 1.32. The summed E-state index contributed by atoms with van der Waals surface area (Å²) in [6, 6.07) is 10.9. The Hall–Kier alpha value is -2.22. The smallest absolute Gasteiger partial charge is 0.126 e. The SMILES string of the molecule is COc1c(C)cc2c3c([nH]c2c1C)Cc1ccccc1-3. The van der Waals surface area contributed by atoms with Crippen LogP contribution in [0.25, 0.3) is 22.0 Å². The van der Waals surface area contributed by atoms with Gasteiger partial charge in [-0.2, -0.15) is 0 Å². The molecule has 2 aromatic carbocycles. The Balaban J connectivity index is 2.10. The Labute approximate surface area is 118 Å². The van der Waals surface area contributed by atoms with Crippen LogP contribution in [0.1, 0.15) is 22.4 Å². The molecule has 0 atom stereocenters. The van der Waals surface area contributed by atoms with Gasteiger partial charge in [0.1, 0.15) is 5.75 Å². The van der Waals surface area contributed by atoms with Crippen LogP contribution in [0.15, 0.2) is 30.3 Å². The van der Waals surface area contributed by atoms with Crippen molar-refractivity contribution in [2.45, 2.75) is 20.3 Å². The number of aromatic amines is 1. The maximum absolute atomic E-state index is 5.53. The molecule has 0 fully saturated rings. The topological polar surface area (TPSA) is 25.0 Å². The molecule has 2 heteroatoms. The van der Waals surface area contributed by atoms with E-state index < -0.39 is 0 Å². The number of aromatic nitrogens is 1. The van der Waals surface area contributed by atoms with Gasteiger partial charge < -0.3 is 9.72 Å². The van der Waals surface area contributed by atoms with Crippen molar-refractivity contribution in [3.63, 3.8) is 0 Å². The summed E-state index contributed by atoms with van der Waals surface area (Å²) < 4.78 is 5.53. The first-order valence-electron chi connectivity index (χ1n) is 6.97. The van der Waals surface area contributed by atoms with Gasteiger partial charge in [-0.05, 0) is 36.6 Å². The number of aryl methyl sites for hydroxylation is 2. The number of fused-ring (bicyclic) bond motifs is 5. The highest BCUT2D eigenvalue weighted by atomic mass is 16.5. The van der Waals surface area contributed by atoms with Crippen LogP contribution >= 0.6 is 0 Å². The van der Waals surface area contributed by atoms with Crippen molar-refractivity contribution in [3.8, 4) is 16.9 Å². The zero-order valence-corrected chi connectivity index (χ0v) is 12.0. The lowest BCUT2D eigenvalue weighted by Gasteiger charge is -2.10. The van der Waals surface area contributed by atoms with Crippen molar-refractivity contribution in [3.05, 3.63) is 52.7 Å². The predicted octanol–water partition coefficient (Wildman–Crippen LogP) is 4.36. The highest BCUT2D eigenvalue weighted by Crippen LogP contribution is 2.44. The molecule has 1 N–H and O–H groups in total. The van der Waals surface area contributed by atoms with Crippen LogP contribution in [0, 0.1) is 13.8 Å². The molecule has 0 unspecified atom stereocenters. The van der Waals surface area contributed by atoms with Gasteiger partial charge in [-0.15, -0.1) is 0 Å². The first kappa shape index (κ1) is 11.6. The number of hydrogen-bond donors (Lipinski definition) is 1. The van der Waals surface area contributed by atoms with Crippen molar-refractivity contribution in [2.24, 2.45) is 0 Å². The fourth-order valence-corrected chi connectivity index (χ4v) is 3.56. The molecule has 0 spiro atoms. The molecule has 0 amide bonds. The fraction of sp³-hybridized carbons (Fsp3) is 0.222. The first-order chi connectivity index (χ1) is 9.70. The summed E-state index contributed by atoms with van der Waals surface area (Å²) in [5.74, 6) is 0.991. The second-order valence-corrected chi connectivity index (χ2v) is 5.59. The van der Waals surface area contributed by atoms with Gasteiger partial charge in [0, 0.05) is 28.6 Å². The van der Waals surface area contributed by atoms with Gasteiger partial charge in [0.2, 0.25) is 0 Å². The molecule has 0 saturated heterocycles. The van der Waals surface area contributed by atoms with Crippen molar-refractivity contribution in [1.82, 2.24) is 4.98 Å². The second-order valence-electron chi connectivity index (χ2n) is 5.59. The standard InChI is InChI=1S/C18H17NO/c1-10-8-14-16-13-7-5-4-6-12(13)9-15(16)19-17(14)11(2)18(10)20-3/h4-8,19H,9H2,1-3H3. The van der Waals surface area contributed by atoms with Gasteiger partial charge in [0.05, 0.1) is 12.6 Å². The summed E-state index contributed by atoms with van der Waals surface area (Å²) in [4.78, 5) is 3.61. The molecular weight excluding hydrogens is 246 g/mol. The van der Waals surface area contributed by atoms with Crippen molar-refractivity contribution >= 4 is 10.9 Å². The second kappa shape index (κ2) is 3.89. The minimum Gasteiger partial charge on any atom is -0.496 e. The third-order valence-corrected chi connectivity index (χ3v) is 4.41. The number of hydrogen-bond acceptors (Lipinski definition) is 1. The normalized spacial score (nSPS) is 12.6. The van der Waals surface area contributed by atoms with Crippen molar-refractivity contribution < 1.29 is 4.74 Å². The average Bonchev–Trinajstić information content (AvgIpc) is 2.96. The minimum atomic E-state index is 0.991. The Morgan fingerprint density at radius 2 is 1.95 bits per heavy atom. The van der Waals surface area contributed by atoms with Crippen LogP contribution in [-0.4, -0.2) is 12.1 Å². The molecule has 1 aromatic heterocycles. The molecule has 0 aliphatic heterocycles. The summed E-state index contributed by atoms with van der Waals surface area (Å²) in [6.07, 6.45) is 1.00. The van der Waals surface area contributed by atoms with Gasteiger partial charge in [-0.25, -0.2) is 0 Å². The average molecular weight is 263 g/mol. The third-order valence-electron chi connectivity index (χ3n) is 4.41. The van der Waals surface area contributed by atoms with E-state index in [0.29, 0.717) is 0 Å². The van der Waals surface area contributed by atoms with Crippen LogP contribution in [0.4, 0.5) is 0 Å². The Bertz CT molecular complexity index is 842. The number of rotatable bonds is 1. The zero-order chi connectivity index (χ0) is 13.9. The molecule has 4 rings (SSSR count). The molecule has 20 heavy (non-hydrogen) atoms. The van der Waals surface area contributed by atoms with E-state index in [1.165, 1.54) is 44.4 Å². The highest BCUT2D eigenvalue weighted by Gasteiger charge is 2.24. The molecule has 0 radical (unpaired) electrons. The summed E-state index contributed by atoms with van der Waals surface area (Å²) >= 11 is 0. The number of nitrogens with one attached hydrogen (secondary N) is 1. The van der Waals surface area contributed by atoms with E-state index in [4.69, 9.17) is 4.74 Å². The van der Waals surface area contributed by atoms with Gasteiger partial charge in [0.15, 0.2) is 0 Å². The molecule has 0 bridgehead atoms. The van der Waals surface area contributed by atoms with E-state index in [9.17, 15) is 0 Å². The van der Waals surface area contributed by atoms with Crippen LogP contribution in [0.2, 0.25) is 0 Å². The largest absolute Gasteiger partial charge is 0.496 e. The minimum absolute atomic E-state index is 0.991. The van der Waals surface area contributed by atoms with Crippen LogP contribution in [0.5, 0.6) is 5.75 Å². The monoisotopic (exact) mass is 263 g/mol. The molecule has 0 saturated carbocycles. The zero-order valence-electron chi connectivity index (χ0n) is 12.0. The summed E-state index contributed by atoms with van der Waals surface area (Å²) in [7, 11) is 1.74. The highest BCUT2D eigenvalue weighted by molar-refractivity contribution is 6.02. The van der Waals surface area contributed by atoms with Gasteiger partial charge in [-0.1, -0.05) is 24.3 Å². The van der Waals surface area contributed by atoms with E-state index in [-0.39, 0.29) is 0 Å². The molecular formula is C18H17NO. The maximum atomic E-state index is 5.53. The fourth-order valence-electron chi connectivity index (χ4n) is 3.56. The van der Waals surface area contributed by atoms with Crippen LogP contribution in [0.3, 0.4) is 0 Å². The third kappa shape index (κ3) is 1.34. The number of methoxy groups -OCH3 is 1. The molecule has 3 aromatic rings. The number of benzene rings is 2. The molecule has 2 nitrogen and oxygen atoms in total. The van der Waals surface area contributed by atoms with Crippen molar-refractivity contribution in [1.29, 1.82) is 0 Å². The Kier molecular flexibility index (Phi) is 2.25. The molecule has 1 heterocycles. The lowest BCUT2D eigenvalue weighted by molar-refractivity contribution is 0.409. The van der Waals surface area contributed by atoms with Gasteiger partial charge >= 0.3 is 0 Å². The lowest BCUT2D eigenvalue weighted by Crippen LogP contribution is -1.92. The Morgan fingerprint density at radius 1 is 1.15 bits per heavy atom. The molecule has 100 valence electrons. The van der Waals surface area contributed by atoms with E-state index in [1.807, 2.05) is 0 Å². The van der Waals surface area contributed by atoms with Crippen LogP contribution < -0.4 is 4.74 Å². The van der Waals surface area contributed by atoms with Gasteiger partial charge in [-0.3, -0.25) is 0 Å². The lowest BCUT2D eigenvalue weighted by atomic mass is 10.00. The number of H-pyrrole nitrogens is 1. The van der Waals surface area contributed by atoms with E-state index in [1.54, 1.807) is 7.11 Å². The quantitative estimate of drug-likeness (QED) is 0.542. The molecule has 1 aliphatic rings. The van der Waals surface area contributed by atoms with Crippen LogP contribution in [-0.2, 0) is 6.42 Å². The number of ether oxygens (including phenoxy) is 1. The summed E-state index contributed by atoms with van der Waals surface area (Å²) in [5.41, 5.74) is 9.12. The van der Waals surface area contributed by atoms with E-state index in [2.05, 4.69) is 49.2 Å². The van der Waals surface area contributed by atoms with E-state index >= 15 is 0 Å². The summed E-state index contributed by atoms with van der Waals surface area (Å²) in [6.45, 7) is 4.25.